The van der Waals surface area contributed by atoms with Gasteiger partial charge in [-0.3, -0.25) is 23.4 Å². The lowest BCUT2D eigenvalue weighted by Gasteiger charge is -2.20. The zero-order valence-corrected chi connectivity index (χ0v) is 33.3. The van der Waals surface area contributed by atoms with Crippen LogP contribution in [-0.2, 0) is 37.5 Å². The van der Waals surface area contributed by atoms with Crippen LogP contribution in [0.15, 0.2) is 36.5 Å². The monoisotopic (exact) mass is 757 g/mol. The van der Waals surface area contributed by atoms with E-state index < -0.39 is 51.1 Å². The van der Waals surface area contributed by atoms with Gasteiger partial charge in [0.25, 0.3) is 0 Å². The van der Waals surface area contributed by atoms with Crippen LogP contribution in [0.4, 0.5) is 0 Å². The van der Waals surface area contributed by atoms with Crippen molar-refractivity contribution < 1.29 is 47.5 Å². The van der Waals surface area contributed by atoms with E-state index in [1.807, 2.05) is 0 Å². The molecule has 0 fully saturated rings. The Morgan fingerprint density at radius 2 is 1.02 bits per heavy atom. The molecule has 0 amide bonds. The summed E-state index contributed by atoms with van der Waals surface area (Å²) < 4.78 is 32.6. The van der Waals surface area contributed by atoms with Gasteiger partial charge in [0.2, 0.25) is 0 Å². The summed E-state index contributed by atoms with van der Waals surface area (Å²) in [6.45, 7) is 2.72. The van der Waals surface area contributed by atoms with Gasteiger partial charge < -0.3 is 25.2 Å². The van der Waals surface area contributed by atoms with Crippen molar-refractivity contribution >= 4 is 25.7 Å². The second-order valence-corrected chi connectivity index (χ2v) is 14.9. The van der Waals surface area contributed by atoms with E-state index in [2.05, 4.69) is 54.8 Å². The fourth-order valence-electron chi connectivity index (χ4n) is 5.15. The largest absolute Gasteiger partial charge is 0.480 e. The number of aliphatic carboxylic acids is 1. The Hall–Kier alpha value is -2.30. The zero-order valence-electron chi connectivity index (χ0n) is 32.4. The maximum absolute atomic E-state index is 12.6. The van der Waals surface area contributed by atoms with Crippen molar-refractivity contribution in [3.05, 3.63) is 36.5 Å². The highest BCUT2D eigenvalue weighted by Crippen LogP contribution is 2.43. The molecule has 0 aromatic carbocycles. The summed E-state index contributed by atoms with van der Waals surface area (Å²) in [6.07, 6.45) is 36.4. The molecule has 3 atom stereocenters. The van der Waals surface area contributed by atoms with Crippen LogP contribution in [0.25, 0.3) is 0 Å². The molecule has 0 aliphatic carbocycles. The standard InChI is InChI=1S/C40H72NO10P/c1-3-5-7-9-11-13-15-17-18-20-22-24-26-28-30-32-39(43)51-36(34-49-52(46,47)50-35-37(41)40(44)45)33-48-38(42)31-29-27-25-23-21-19-16-14-12-10-8-6-4-2/h11,13-14,16-18,36-37H,3-10,12,15,19-35,41H2,1-2H3,(H,44,45)(H,46,47). The minimum atomic E-state index is -4.72. The molecule has 12 heteroatoms. The molecular formula is C40H72NO10P. The molecule has 0 aromatic heterocycles. The van der Waals surface area contributed by atoms with Gasteiger partial charge in [0.1, 0.15) is 12.6 Å². The van der Waals surface area contributed by atoms with E-state index in [4.69, 9.17) is 24.8 Å². The number of allylic oxidation sites excluding steroid dienone is 6. The van der Waals surface area contributed by atoms with Crippen LogP contribution in [0.2, 0.25) is 0 Å². The van der Waals surface area contributed by atoms with Gasteiger partial charge in [0, 0.05) is 12.8 Å². The fourth-order valence-corrected chi connectivity index (χ4v) is 5.92. The minimum absolute atomic E-state index is 0.143. The molecule has 0 aliphatic heterocycles. The average Bonchev–Trinajstić information content (AvgIpc) is 3.12. The molecule has 302 valence electrons. The molecule has 0 heterocycles. The Bertz CT molecular complexity index is 1030. The molecule has 0 saturated carbocycles. The molecule has 0 rings (SSSR count). The van der Waals surface area contributed by atoms with Crippen LogP contribution in [-0.4, -0.2) is 59.9 Å². The van der Waals surface area contributed by atoms with Crippen LogP contribution in [0.5, 0.6) is 0 Å². The number of hydrogen-bond acceptors (Lipinski definition) is 9. The quantitative estimate of drug-likeness (QED) is 0.0238. The number of carbonyl (C=O) groups is 3. The van der Waals surface area contributed by atoms with E-state index >= 15 is 0 Å². The van der Waals surface area contributed by atoms with Gasteiger partial charge in [-0.05, 0) is 70.6 Å². The highest BCUT2D eigenvalue weighted by atomic mass is 31.2. The van der Waals surface area contributed by atoms with E-state index in [1.165, 1.54) is 44.9 Å². The van der Waals surface area contributed by atoms with Crippen LogP contribution in [0, 0.1) is 0 Å². The smallest absolute Gasteiger partial charge is 0.472 e. The molecule has 0 spiro atoms. The number of rotatable bonds is 37. The summed E-state index contributed by atoms with van der Waals surface area (Å²) in [4.78, 5) is 45.8. The number of carbonyl (C=O) groups excluding carboxylic acids is 2. The van der Waals surface area contributed by atoms with Crippen LogP contribution < -0.4 is 5.73 Å². The third kappa shape index (κ3) is 34.8. The van der Waals surface area contributed by atoms with Gasteiger partial charge >= 0.3 is 25.7 Å². The van der Waals surface area contributed by atoms with Crippen molar-refractivity contribution in [3.8, 4) is 0 Å². The van der Waals surface area contributed by atoms with Crippen molar-refractivity contribution in [2.24, 2.45) is 5.73 Å². The number of nitrogens with two attached hydrogens (primary N) is 1. The molecule has 11 nitrogen and oxygen atoms in total. The lowest BCUT2D eigenvalue weighted by atomic mass is 10.1. The van der Waals surface area contributed by atoms with E-state index in [0.29, 0.717) is 12.8 Å². The lowest BCUT2D eigenvalue weighted by Crippen LogP contribution is -2.34. The summed E-state index contributed by atoms with van der Waals surface area (Å²) in [6, 6.07) is -1.52. The van der Waals surface area contributed by atoms with Gasteiger partial charge in [-0.25, -0.2) is 4.57 Å². The van der Waals surface area contributed by atoms with E-state index in [1.54, 1.807) is 0 Å². The van der Waals surface area contributed by atoms with Crippen LogP contribution in [0.1, 0.15) is 168 Å². The Morgan fingerprint density at radius 1 is 0.596 bits per heavy atom. The molecule has 0 radical (unpaired) electrons. The number of unbranched alkanes of at least 4 members (excludes halogenated alkanes) is 17. The highest BCUT2D eigenvalue weighted by molar-refractivity contribution is 7.47. The van der Waals surface area contributed by atoms with Gasteiger partial charge in [0.15, 0.2) is 6.10 Å². The number of carboxylic acids is 1. The Morgan fingerprint density at radius 3 is 1.56 bits per heavy atom. The van der Waals surface area contributed by atoms with E-state index in [0.717, 1.165) is 83.5 Å². The molecule has 0 aromatic rings. The first-order valence-corrected chi connectivity index (χ1v) is 21.5. The number of hydrogen-bond donors (Lipinski definition) is 3. The summed E-state index contributed by atoms with van der Waals surface area (Å²) in [5, 5.41) is 8.86. The Kier molecular flexibility index (Phi) is 34.1. The SMILES string of the molecule is CCCCCC=CCC=CCCCCCCCC(=O)OC(COC(=O)CCCCCCCC=CCCCCCC)COP(=O)(O)OCC(N)C(=O)O. The predicted molar refractivity (Wildman–Crippen MR) is 208 cm³/mol. The Labute approximate surface area is 314 Å². The van der Waals surface area contributed by atoms with E-state index in [9.17, 15) is 23.8 Å². The second kappa shape index (κ2) is 35.7. The second-order valence-electron chi connectivity index (χ2n) is 13.4. The maximum Gasteiger partial charge on any atom is 0.472 e. The number of carboxylic acid groups (broad SMARTS) is 1. The van der Waals surface area contributed by atoms with Crippen LogP contribution >= 0.6 is 7.82 Å². The number of ether oxygens (including phenoxy) is 2. The summed E-state index contributed by atoms with van der Waals surface area (Å²) in [7, 11) is -4.72. The van der Waals surface area contributed by atoms with Gasteiger partial charge in [-0.15, -0.1) is 0 Å². The molecule has 0 bridgehead atoms. The van der Waals surface area contributed by atoms with Crippen molar-refractivity contribution in [3.63, 3.8) is 0 Å². The fraction of sp³-hybridized carbons (Fsp3) is 0.775. The normalized spacial score (nSPS) is 14.2. The first kappa shape index (κ1) is 49.7. The van der Waals surface area contributed by atoms with Gasteiger partial charge in [-0.2, -0.15) is 0 Å². The summed E-state index contributed by atoms with van der Waals surface area (Å²) in [5.74, 6) is -2.41. The maximum atomic E-state index is 12.6. The molecule has 3 unspecified atom stereocenters. The molecule has 0 aliphatic rings. The van der Waals surface area contributed by atoms with Crippen molar-refractivity contribution in [2.75, 3.05) is 19.8 Å². The molecule has 4 N–H and O–H groups in total. The minimum Gasteiger partial charge on any atom is -0.480 e. The van der Waals surface area contributed by atoms with Crippen molar-refractivity contribution in [2.45, 2.75) is 180 Å². The van der Waals surface area contributed by atoms with Gasteiger partial charge in [-0.1, -0.05) is 121 Å². The highest BCUT2D eigenvalue weighted by Gasteiger charge is 2.28. The summed E-state index contributed by atoms with van der Waals surface area (Å²) in [5.41, 5.74) is 5.32. The van der Waals surface area contributed by atoms with Crippen molar-refractivity contribution in [1.29, 1.82) is 0 Å². The first-order valence-electron chi connectivity index (χ1n) is 20.0. The van der Waals surface area contributed by atoms with Gasteiger partial charge in [0.05, 0.1) is 13.2 Å². The zero-order chi connectivity index (χ0) is 38.5. The topological polar surface area (TPSA) is 172 Å². The van der Waals surface area contributed by atoms with Crippen molar-refractivity contribution in [1.82, 2.24) is 0 Å². The number of phosphoric ester groups is 1. The lowest BCUT2D eigenvalue weighted by molar-refractivity contribution is -0.161. The molecule has 52 heavy (non-hydrogen) atoms. The predicted octanol–water partition coefficient (Wildman–Crippen LogP) is 10.1. The first-order chi connectivity index (χ1) is 25.1. The molecular weight excluding hydrogens is 685 g/mol. The molecule has 0 saturated heterocycles. The summed E-state index contributed by atoms with van der Waals surface area (Å²) >= 11 is 0. The number of phosphoric acid groups is 1. The third-order valence-electron chi connectivity index (χ3n) is 8.36. The Balaban J connectivity index is 4.46. The third-order valence-corrected chi connectivity index (χ3v) is 9.31. The van der Waals surface area contributed by atoms with Crippen LogP contribution in [0.3, 0.4) is 0 Å². The number of esters is 2. The van der Waals surface area contributed by atoms with E-state index in [-0.39, 0.29) is 19.4 Å². The average molecular weight is 758 g/mol.